The first kappa shape index (κ1) is 20.5. The van der Waals surface area contributed by atoms with Crippen LogP contribution >= 0.6 is 0 Å². The van der Waals surface area contributed by atoms with Gasteiger partial charge in [0.05, 0.1) is 16.8 Å². The number of rotatable bonds is 3. The largest absolute Gasteiger partial charge is 0.356 e. The van der Waals surface area contributed by atoms with Crippen molar-refractivity contribution >= 4 is 11.8 Å². The van der Waals surface area contributed by atoms with Crippen molar-refractivity contribution < 1.29 is 9.59 Å². The van der Waals surface area contributed by atoms with Crippen molar-refractivity contribution in [1.82, 2.24) is 24.1 Å². The Morgan fingerprint density at radius 3 is 2.28 bits per heavy atom. The molecule has 4 aliphatic rings. The van der Waals surface area contributed by atoms with Gasteiger partial charge in [-0.3, -0.25) is 14.4 Å². The minimum atomic E-state index is -0.247. The predicted molar refractivity (Wildman–Crippen MR) is 120 cm³/mol. The van der Waals surface area contributed by atoms with Crippen molar-refractivity contribution in [3.8, 4) is 16.9 Å². The Morgan fingerprint density at radius 2 is 1.59 bits per heavy atom. The van der Waals surface area contributed by atoms with Crippen LogP contribution < -0.4 is 5.56 Å². The highest BCUT2D eigenvalue weighted by Crippen LogP contribution is 2.28. The lowest BCUT2D eigenvalue weighted by atomic mass is 10.1. The van der Waals surface area contributed by atoms with E-state index in [9.17, 15) is 14.4 Å². The second-order valence-corrected chi connectivity index (χ2v) is 8.75. The SMILES string of the molecule is Cn1cc(C(=O)N2CCN(C(=O)C3CCCC3)CC2)c2nn(-c3ccccc3)c(=O)c-2c1. The molecule has 2 fully saturated rings. The summed E-state index contributed by atoms with van der Waals surface area (Å²) in [6.45, 7) is 2.07. The van der Waals surface area contributed by atoms with Crippen LogP contribution in [0, 0.1) is 5.92 Å². The highest BCUT2D eigenvalue weighted by atomic mass is 16.2. The molecule has 1 aromatic rings. The summed E-state index contributed by atoms with van der Waals surface area (Å²) in [5.41, 5.74) is 1.65. The van der Waals surface area contributed by atoms with Crippen molar-refractivity contribution in [2.24, 2.45) is 13.0 Å². The quantitative estimate of drug-likeness (QED) is 0.634. The van der Waals surface area contributed by atoms with E-state index in [2.05, 4.69) is 5.10 Å². The molecule has 0 aromatic heterocycles. The molecule has 8 heteroatoms. The van der Waals surface area contributed by atoms with Crippen molar-refractivity contribution in [3.05, 3.63) is 58.6 Å². The highest BCUT2D eigenvalue weighted by Gasteiger charge is 2.32. The number of benzene rings is 1. The molecule has 0 atom stereocenters. The minimum Gasteiger partial charge on any atom is -0.356 e. The molecule has 32 heavy (non-hydrogen) atoms. The molecular weight excluding hydrogens is 406 g/mol. The standard InChI is InChI=1S/C24H27N5O3/c1-26-15-19(21-20(16-26)24(32)29(25-21)18-9-3-2-4-10-18)23(31)28-13-11-27(12-14-28)22(30)17-7-5-6-8-17/h2-4,9-10,15-17H,5-8,11-14H2,1H3. The van der Waals surface area contributed by atoms with E-state index >= 15 is 0 Å². The van der Waals surface area contributed by atoms with E-state index in [0.29, 0.717) is 48.7 Å². The Kier molecular flexibility index (Phi) is 5.28. The molecular formula is C24H27N5O3. The summed E-state index contributed by atoms with van der Waals surface area (Å²) < 4.78 is 3.08. The first-order chi connectivity index (χ1) is 15.5. The van der Waals surface area contributed by atoms with Gasteiger partial charge in [0.15, 0.2) is 0 Å². The van der Waals surface area contributed by atoms with Crippen molar-refractivity contribution in [2.45, 2.75) is 25.7 Å². The monoisotopic (exact) mass is 433 g/mol. The maximum Gasteiger partial charge on any atom is 0.282 e. The van der Waals surface area contributed by atoms with Crippen molar-refractivity contribution in [1.29, 1.82) is 0 Å². The molecule has 5 rings (SSSR count). The summed E-state index contributed by atoms with van der Waals surface area (Å²) in [5, 5.41) is 4.51. The van der Waals surface area contributed by atoms with Gasteiger partial charge in [-0.05, 0) is 25.0 Å². The molecule has 0 N–H and O–H groups in total. The molecule has 2 amide bonds. The summed E-state index contributed by atoms with van der Waals surface area (Å²) in [6.07, 6.45) is 7.66. The minimum absolute atomic E-state index is 0.155. The molecule has 3 heterocycles. The molecule has 1 aromatic carbocycles. The first-order valence-corrected chi connectivity index (χ1v) is 11.3. The number of carbonyl (C=O) groups excluding carboxylic acids is 2. The highest BCUT2D eigenvalue weighted by molar-refractivity contribution is 6.00. The second-order valence-electron chi connectivity index (χ2n) is 8.75. The van der Waals surface area contributed by atoms with E-state index in [1.54, 1.807) is 28.9 Å². The van der Waals surface area contributed by atoms with Crippen LogP contribution in [0.4, 0.5) is 0 Å². The van der Waals surface area contributed by atoms with Gasteiger partial charge < -0.3 is 14.4 Å². The number of fused-ring (bicyclic) bond motifs is 1. The van der Waals surface area contributed by atoms with Crippen LogP contribution in [0.25, 0.3) is 16.9 Å². The van der Waals surface area contributed by atoms with Gasteiger partial charge in [-0.2, -0.15) is 9.78 Å². The Bertz CT molecular complexity index is 1170. The third kappa shape index (κ3) is 3.59. The Hall–Kier alpha value is -3.42. The number of para-hydroxylation sites is 1. The fourth-order valence-electron chi connectivity index (χ4n) is 4.87. The van der Waals surface area contributed by atoms with Crippen LogP contribution in [0.2, 0.25) is 0 Å². The van der Waals surface area contributed by atoms with Crippen molar-refractivity contribution in [3.63, 3.8) is 0 Å². The summed E-state index contributed by atoms with van der Waals surface area (Å²) in [7, 11) is 1.80. The van der Waals surface area contributed by atoms with Crippen molar-refractivity contribution in [2.75, 3.05) is 26.2 Å². The number of hydrogen-bond donors (Lipinski definition) is 0. The summed E-state index contributed by atoms with van der Waals surface area (Å²) in [4.78, 5) is 42.8. The molecule has 0 spiro atoms. The Labute approximate surface area is 186 Å². The zero-order valence-corrected chi connectivity index (χ0v) is 18.2. The number of nitrogens with zero attached hydrogens (tertiary/aromatic N) is 5. The fourth-order valence-corrected chi connectivity index (χ4v) is 4.87. The number of aromatic nitrogens is 3. The van der Waals surface area contributed by atoms with E-state index in [1.165, 1.54) is 4.68 Å². The lowest BCUT2D eigenvalue weighted by molar-refractivity contribution is -0.136. The topological polar surface area (TPSA) is 80.4 Å². The van der Waals surface area contributed by atoms with Crippen LogP contribution in [0.5, 0.6) is 0 Å². The molecule has 1 saturated carbocycles. The lowest BCUT2D eigenvalue weighted by Gasteiger charge is -2.36. The average molecular weight is 434 g/mol. The van der Waals surface area contributed by atoms with Gasteiger partial charge in [0.25, 0.3) is 11.5 Å². The fraction of sp³-hybridized carbons (Fsp3) is 0.417. The summed E-state index contributed by atoms with van der Waals surface area (Å²) in [5.74, 6) is 0.236. The van der Waals surface area contributed by atoms with E-state index < -0.39 is 0 Å². The zero-order valence-electron chi connectivity index (χ0n) is 18.2. The number of amides is 2. The number of pyridine rings is 1. The first-order valence-electron chi connectivity index (χ1n) is 11.3. The molecule has 3 aliphatic heterocycles. The van der Waals surface area contributed by atoms with E-state index in [4.69, 9.17) is 0 Å². The molecule has 0 unspecified atom stereocenters. The third-order valence-corrected chi connectivity index (χ3v) is 6.61. The molecule has 8 nitrogen and oxygen atoms in total. The maximum absolute atomic E-state index is 13.4. The van der Waals surface area contributed by atoms with Gasteiger partial charge in [0, 0.05) is 51.5 Å². The van der Waals surface area contributed by atoms with Gasteiger partial charge in [0.2, 0.25) is 5.91 Å². The Morgan fingerprint density at radius 1 is 0.938 bits per heavy atom. The average Bonchev–Trinajstić information content (AvgIpc) is 3.47. The van der Waals surface area contributed by atoms with Crippen LogP contribution in [0.15, 0.2) is 47.5 Å². The number of carbonyl (C=O) groups is 2. The smallest absolute Gasteiger partial charge is 0.282 e. The number of hydrogen-bond acceptors (Lipinski definition) is 4. The van der Waals surface area contributed by atoms with Gasteiger partial charge in [-0.15, -0.1) is 0 Å². The van der Waals surface area contributed by atoms with E-state index in [-0.39, 0.29) is 23.3 Å². The van der Waals surface area contributed by atoms with Crippen LogP contribution in [0.3, 0.4) is 0 Å². The maximum atomic E-state index is 13.4. The number of aryl methyl sites for hydroxylation is 1. The summed E-state index contributed by atoms with van der Waals surface area (Å²) in [6, 6.07) is 9.20. The van der Waals surface area contributed by atoms with Gasteiger partial charge in [0.1, 0.15) is 5.69 Å². The van der Waals surface area contributed by atoms with Gasteiger partial charge in [-0.25, -0.2) is 0 Å². The predicted octanol–water partition coefficient (Wildman–Crippen LogP) is 2.15. The van der Waals surface area contributed by atoms with Gasteiger partial charge in [-0.1, -0.05) is 31.0 Å². The van der Waals surface area contributed by atoms with Gasteiger partial charge >= 0.3 is 0 Å². The lowest BCUT2D eigenvalue weighted by Crippen LogP contribution is -2.51. The van der Waals surface area contributed by atoms with Crippen LogP contribution in [-0.4, -0.2) is 62.1 Å². The third-order valence-electron chi connectivity index (χ3n) is 6.61. The van der Waals surface area contributed by atoms with Crippen LogP contribution in [-0.2, 0) is 11.8 Å². The molecule has 166 valence electrons. The molecule has 1 saturated heterocycles. The van der Waals surface area contributed by atoms with E-state index in [1.807, 2.05) is 35.2 Å². The summed E-state index contributed by atoms with van der Waals surface area (Å²) >= 11 is 0. The number of piperazine rings is 1. The molecule has 1 aliphatic carbocycles. The zero-order chi connectivity index (χ0) is 22.2. The van der Waals surface area contributed by atoms with E-state index in [0.717, 1.165) is 25.7 Å². The molecule has 0 bridgehead atoms. The normalized spacial score (nSPS) is 17.3. The molecule has 0 radical (unpaired) electrons. The van der Waals surface area contributed by atoms with Crippen LogP contribution in [0.1, 0.15) is 36.0 Å². The second kappa shape index (κ2) is 8.26. The Balaban J connectivity index is 1.39.